The van der Waals surface area contributed by atoms with Crippen LogP contribution in [0.25, 0.3) is 0 Å². The van der Waals surface area contributed by atoms with E-state index in [-0.39, 0.29) is 36.3 Å². The summed E-state index contributed by atoms with van der Waals surface area (Å²) in [7, 11) is 0. The van der Waals surface area contributed by atoms with Gasteiger partial charge in [0, 0.05) is 31.3 Å². The van der Waals surface area contributed by atoms with E-state index < -0.39 is 40.7 Å². The van der Waals surface area contributed by atoms with Crippen molar-refractivity contribution in [3.05, 3.63) is 69.9 Å². The predicted octanol–water partition coefficient (Wildman–Crippen LogP) is 3.67. The summed E-state index contributed by atoms with van der Waals surface area (Å²) in [6.07, 6.45) is -2.75. The molecule has 6 heterocycles. The smallest absolute Gasteiger partial charge is 0.433 e. The van der Waals surface area contributed by atoms with E-state index >= 15 is 0 Å². The number of halogens is 5. The molecule has 3 unspecified atom stereocenters. The van der Waals surface area contributed by atoms with Crippen LogP contribution in [0.3, 0.4) is 0 Å². The fourth-order valence-corrected chi connectivity index (χ4v) is 4.74. The van der Waals surface area contributed by atoms with Crippen molar-refractivity contribution in [1.82, 2.24) is 14.5 Å². The molecule has 3 aromatic rings. The maximum Gasteiger partial charge on any atom is 0.433 e. The number of hydrogen-bond donors (Lipinski definition) is 0. The fourth-order valence-electron chi connectivity index (χ4n) is 4.74. The Morgan fingerprint density at radius 3 is 2.58 bits per heavy atom. The topological polar surface area (TPSA) is 78.7 Å². The van der Waals surface area contributed by atoms with Gasteiger partial charge in [0.15, 0.2) is 17.4 Å². The van der Waals surface area contributed by atoms with Gasteiger partial charge in [-0.25, -0.2) is 13.6 Å². The molecule has 0 aliphatic carbocycles. The number of benzene rings is 1. The molecule has 2 bridgehead atoms. The number of alkyl halides is 3. The Bertz CT molecular complexity index is 1380. The summed E-state index contributed by atoms with van der Waals surface area (Å²) in [4.78, 5) is 21.7. The third kappa shape index (κ3) is 3.92. The Morgan fingerprint density at radius 1 is 1.11 bits per heavy atom. The number of fused-ring (bicyclic) bond motifs is 1. The van der Waals surface area contributed by atoms with Crippen LogP contribution in [0.2, 0.25) is 0 Å². The number of rotatable bonds is 5. The number of ether oxygens (including phenoxy) is 3. The molecule has 4 aliphatic heterocycles. The highest BCUT2D eigenvalue weighted by atomic mass is 19.4. The van der Waals surface area contributed by atoms with Crippen molar-refractivity contribution in [1.29, 1.82) is 0 Å². The van der Waals surface area contributed by atoms with E-state index in [4.69, 9.17) is 14.2 Å². The molecule has 3 saturated heterocycles. The largest absolute Gasteiger partial charge is 0.473 e. The number of anilines is 1. The van der Waals surface area contributed by atoms with E-state index in [1.807, 2.05) is 0 Å². The number of pyridine rings is 1. The van der Waals surface area contributed by atoms with Crippen LogP contribution in [0.15, 0.2) is 41.3 Å². The Hall–Kier alpha value is -3.74. The minimum absolute atomic E-state index is 0.00433. The van der Waals surface area contributed by atoms with Gasteiger partial charge in [-0.2, -0.15) is 18.2 Å². The lowest BCUT2D eigenvalue weighted by atomic mass is 9.92. The lowest BCUT2D eigenvalue weighted by Gasteiger charge is -2.50. The summed E-state index contributed by atoms with van der Waals surface area (Å²) in [5.74, 6) is -2.92. The van der Waals surface area contributed by atoms with Gasteiger partial charge in [0.05, 0.1) is 24.8 Å². The summed E-state index contributed by atoms with van der Waals surface area (Å²) in [6, 6.07) is 5.11. The summed E-state index contributed by atoms with van der Waals surface area (Å²) in [5, 5.41) is 0. The molecule has 0 saturated carbocycles. The molecule has 8 nitrogen and oxygen atoms in total. The zero-order valence-corrected chi connectivity index (χ0v) is 18.3. The van der Waals surface area contributed by atoms with Crippen LogP contribution in [-0.4, -0.2) is 39.3 Å². The van der Waals surface area contributed by atoms with E-state index in [0.717, 1.165) is 30.8 Å². The molecule has 4 aliphatic rings. The zero-order chi connectivity index (χ0) is 25.2. The van der Waals surface area contributed by atoms with Crippen molar-refractivity contribution in [2.24, 2.45) is 0 Å². The molecule has 3 atom stereocenters. The number of nitrogens with zero attached hydrogens (tertiary/aromatic N) is 4. The standard InChI is InChI=1S/C23H17F5N4O4/c24-14-3-11(4-15(25)21(14)36-12-1-2-29-18(6-12)23(26,27)28)10-34-19-7-20-31-8-13-5-17(35-13)16(31)9-32(20)22(33)30-19/h1-4,6-7,13,16-17H,5,8-10H2. The Balaban J connectivity index is 1.18. The summed E-state index contributed by atoms with van der Waals surface area (Å²) >= 11 is 0. The molecule has 36 heavy (non-hydrogen) atoms. The van der Waals surface area contributed by atoms with Crippen molar-refractivity contribution in [3.63, 3.8) is 0 Å². The summed E-state index contributed by atoms with van der Waals surface area (Å²) in [6.45, 7) is 0.817. The van der Waals surface area contributed by atoms with Crippen LogP contribution in [0, 0.1) is 11.6 Å². The number of hydrogen-bond acceptors (Lipinski definition) is 7. The minimum Gasteiger partial charge on any atom is -0.473 e. The maximum absolute atomic E-state index is 14.6. The lowest BCUT2D eigenvalue weighted by Crippen LogP contribution is -2.62. The van der Waals surface area contributed by atoms with Crippen LogP contribution in [0.4, 0.5) is 27.8 Å². The molecule has 188 valence electrons. The first kappa shape index (κ1) is 22.7. The maximum atomic E-state index is 14.6. The van der Waals surface area contributed by atoms with Crippen molar-refractivity contribution >= 4 is 5.82 Å². The first-order valence-corrected chi connectivity index (χ1v) is 11.0. The second kappa shape index (κ2) is 8.15. The van der Waals surface area contributed by atoms with E-state index in [1.165, 1.54) is 0 Å². The van der Waals surface area contributed by atoms with Gasteiger partial charge in [0.2, 0.25) is 5.88 Å². The van der Waals surface area contributed by atoms with Crippen LogP contribution < -0.4 is 20.1 Å². The summed E-state index contributed by atoms with van der Waals surface area (Å²) in [5.41, 5.74) is -1.69. The molecule has 7 rings (SSSR count). The third-order valence-electron chi connectivity index (χ3n) is 6.41. The molecule has 3 fully saturated rings. The van der Waals surface area contributed by atoms with Crippen LogP contribution in [-0.2, 0) is 24.1 Å². The molecule has 0 amide bonds. The van der Waals surface area contributed by atoms with Gasteiger partial charge in [-0.05, 0) is 23.8 Å². The average molecular weight is 508 g/mol. The SMILES string of the molecule is O=c1nc(OCc2cc(F)c(Oc3ccnc(C(F)(F)F)c3)c(F)c2)cc2n1CC1C3CC(CN21)O3. The van der Waals surface area contributed by atoms with Crippen molar-refractivity contribution < 1.29 is 36.2 Å². The van der Waals surface area contributed by atoms with Gasteiger partial charge in [0.25, 0.3) is 0 Å². The van der Waals surface area contributed by atoms with E-state index in [1.54, 1.807) is 10.6 Å². The Labute approximate surface area is 199 Å². The molecule has 0 spiro atoms. The van der Waals surface area contributed by atoms with Crippen LogP contribution in [0.5, 0.6) is 17.4 Å². The minimum atomic E-state index is -4.74. The number of morpholine rings is 1. The zero-order valence-electron chi connectivity index (χ0n) is 18.3. The van der Waals surface area contributed by atoms with Crippen molar-refractivity contribution in [2.75, 3.05) is 11.4 Å². The van der Waals surface area contributed by atoms with Crippen LogP contribution >= 0.6 is 0 Å². The molecule has 1 aromatic carbocycles. The van der Waals surface area contributed by atoms with Gasteiger partial charge in [-0.15, -0.1) is 0 Å². The predicted molar refractivity (Wildman–Crippen MR) is 113 cm³/mol. The Kier molecular flexibility index (Phi) is 5.14. The van der Waals surface area contributed by atoms with Crippen LogP contribution in [0.1, 0.15) is 17.7 Å². The lowest BCUT2D eigenvalue weighted by molar-refractivity contribution is -0.152. The highest BCUT2D eigenvalue weighted by molar-refractivity contribution is 5.49. The molecule has 0 radical (unpaired) electrons. The fraction of sp³-hybridized carbons (Fsp3) is 0.348. The number of aromatic nitrogens is 3. The van der Waals surface area contributed by atoms with E-state index in [2.05, 4.69) is 14.9 Å². The second-order valence-corrected chi connectivity index (χ2v) is 8.75. The van der Waals surface area contributed by atoms with Gasteiger partial charge < -0.3 is 19.1 Å². The van der Waals surface area contributed by atoms with Crippen molar-refractivity contribution in [2.45, 2.75) is 44.0 Å². The monoisotopic (exact) mass is 508 g/mol. The van der Waals surface area contributed by atoms with E-state index in [9.17, 15) is 26.7 Å². The van der Waals surface area contributed by atoms with Gasteiger partial charge >= 0.3 is 11.9 Å². The first-order chi connectivity index (χ1) is 17.2. The van der Waals surface area contributed by atoms with Crippen molar-refractivity contribution in [3.8, 4) is 17.4 Å². The van der Waals surface area contributed by atoms with Gasteiger partial charge in [-0.3, -0.25) is 9.55 Å². The highest BCUT2D eigenvalue weighted by Gasteiger charge is 2.49. The summed E-state index contributed by atoms with van der Waals surface area (Å²) < 4.78 is 85.5. The van der Waals surface area contributed by atoms with Gasteiger partial charge in [0.1, 0.15) is 23.9 Å². The molecular weight excluding hydrogens is 491 g/mol. The first-order valence-electron chi connectivity index (χ1n) is 11.0. The third-order valence-corrected chi connectivity index (χ3v) is 6.41. The Morgan fingerprint density at radius 2 is 1.86 bits per heavy atom. The quantitative estimate of drug-likeness (QED) is 0.487. The molecule has 13 heteroatoms. The molecule has 2 aromatic heterocycles. The highest BCUT2D eigenvalue weighted by Crippen LogP contribution is 2.40. The number of piperidine rings is 1. The van der Waals surface area contributed by atoms with E-state index in [0.29, 0.717) is 25.0 Å². The normalized spacial score (nSPS) is 22.0. The molecular formula is C23H17F5N4O4. The average Bonchev–Trinajstić information content (AvgIpc) is 3.19. The second-order valence-electron chi connectivity index (χ2n) is 8.75. The van der Waals surface area contributed by atoms with Gasteiger partial charge in [-0.1, -0.05) is 0 Å². The molecule has 0 N–H and O–H groups in total.